The van der Waals surface area contributed by atoms with Gasteiger partial charge in [0.1, 0.15) is 36.0 Å². The van der Waals surface area contributed by atoms with E-state index in [2.05, 4.69) is 64.5 Å². The van der Waals surface area contributed by atoms with Crippen LogP contribution in [0.15, 0.2) is 65.9 Å². The third-order valence-corrected chi connectivity index (χ3v) is 6.99. The van der Waals surface area contributed by atoms with Gasteiger partial charge in [0.25, 0.3) is 0 Å². The van der Waals surface area contributed by atoms with Crippen LogP contribution in [0.2, 0.25) is 0 Å². The molecule has 8 nitrogen and oxygen atoms in total. The molecule has 0 saturated carbocycles. The van der Waals surface area contributed by atoms with Gasteiger partial charge in [-0.05, 0) is 87.7 Å². The fraction of sp³-hybridized carbons (Fsp3) is 0.417. The highest BCUT2D eigenvalue weighted by Gasteiger charge is 2.16. The number of aryl methyl sites for hydroxylation is 2. The van der Waals surface area contributed by atoms with Gasteiger partial charge in [-0.25, -0.2) is 9.97 Å². The molecule has 0 aliphatic carbocycles. The average Bonchev–Trinajstić information content (AvgIpc) is 3.04. The first-order valence-electron chi connectivity index (χ1n) is 15.7. The van der Waals surface area contributed by atoms with Crippen LogP contribution in [-0.4, -0.2) is 46.9 Å². The summed E-state index contributed by atoms with van der Waals surface area (Å²) in [6, 6.07) is 10.4. The minimum absolute atomic E-state index is 0.308. The van der Waals surface area contributed by atoms with Crippen LogP contribution in [0.4, 0.5) is 11.5 Å². The van der Waals surface area contributed by atoms with E-state index < -0.39 is 0 Å². The number of allylic oxidation sites excluding steroid dienone is 1. The summed E-state index contributed by atoms with van der Waals surface area (Å²) in [5, 5.41) is 14.2. The molecular weight excluding hydrogens is 548 g/mol. The van der Waals surface area contributed by atoms with Crippen molar-refractivity contribution >= 4 is 28.6 Å². The summed E-state index contributed by atoms with van der Waals surface area (Å²) in [4.78, 5) is 9.15. The van der Waals surface area contributed by atoms with E-state index in [0.717, 1.165) is 76.6 Å². The summed E-state index contributed by atoms with van der Waals surface area (Å²) >= 11 is 0. The third-order valence-electron chi connectivity index (χ3n) is 6.99. The van der Waals surface area contributed by atoms with E-state index in [1.165, 1.54) is 12.8 Å². The second kappa shape index (κ2) is 18.3. The molecule has 2 N–H and O–H groups in total. The number of anilines is 2. The first-order chi connectivity index (χ1) is 21.4. The molecule has 1 aromatic heterocycles. The predicted molar refractivity (Wildman–Crippen MR) is 184 cm³/mol. The fourth-order valence-corrected chi connectivity index (χ4v) is 4.62. The first kappa shape index (κ1) is 34.1. The van der Waals surface area contributed by atoms with E-state index >= 15 is 0 Å². The molecule has 0 spiro atoms. The lowest BCUT2D eigenvalue weighted by molar-refractivity contribution is 0.255. The molecule has 8 heteroatoms. The Balaban J connectivity index is 0.00000124. The number of benzene rings is 2. The highest BCUT2D eigenvalue weighted by atomic mass is 16.5. The zero-order valence-corrected chi connectivity index (χ0v) is 27.2. The van der Waals surface area contributed by atoms with Crippen LogP contribution in [0.1, 0.15) is 70.9 Å². The van der Waals surface area contributed by atoms with Crippen molar-refractivity contribution < 1.29 is 9.47 Å². The molecule has 0 saturated heterocycles. The summed E-state index contributed by atoms with van der Waals surface area (Å²) in [7, 11) is 0. The molecule has 1 atom stereocenters. The maximum Gasteiger partial charge on any atom is 0.145 e. The van der Waals surface area contributed by atoms with Crippen LogP contribution < -0.4 is 20.1 Å². The molecule has 3 aromatic rings. The topological polar surface area (TPSA) is 83.9 Å². The van der Waals surface area contributed by atoms with Gasteiger partial charge in [-0.2, -0.15) is 5.10 Å². The fourth-order valence-electron chi connectivity index (χ4n) is 4.62. The zero-order valence-electron chi connectivity index (χ0n) is 27.2. The van der Waals surface area contributed by atoms with Crippen LogP contribution in [0.3, 0.4) is 0 Å². The summed E-state index contributed by atoms with van der Waals surface area (Å²) < 4.78 is 12.7. The molecule has 2 heterocycles. The first-order valence-corrected chi connectivity index (χ1v) is 15.7. The lowest BCUT2D eigenvalue weighted by Crippen LogP contribution is -2.35. The van der Waals surface area contributed by atoms with Gasteiger partial charge in [0, 0.05) is 30.6 Å². The van der Waals surface area contributed by atoms with Gasteiger partial charge in [0.05, 0.1) is 17.4 Å². The van der Waals surface area contributed by atoms with Gasteiger partial charge in [-0.1, -0.05) is 39.7 Å². The number of rotatable bonds is 14. The normalized spacial score (nSPS) is 13.2. The number of nitrogens with one attached hydrogen (secondary N) is 2. The Bertz CT molecular complexity index is 1470. The highest BCUT2D eigenvalue weighted by molar-refractivity contribution is 5.96. The highest BCUT2D eigenvalue weighted by Crippen LogP contribution is 2.35. The molecule has 1 aliphatic rings. The van der Waals surface area contributed by atoms with Crippen molar-refractivity contribution in [2.75, 3.05) is 25.0 Å². The van der Waals surface area contributed by atoms with Gasteiger partial charge in [0.15, 0.2) is 0 Å². The number of aromatic nitrogens is 2. The molecular formula is C36H48N6O2. The largest absolute Gasteiger partial charge is 0.491 e. The van der Waals surface area contributed by atoms with Crippen molar-refractivity contribution in [3.8, 4) is 23.8 Å². The van der Waals surface area contributed by atoms with Crippen LogP contribution in [0, 0.1) is 26.2 Å². The minimum Gasteiger partial charge on any atom is -0.491 e. The zero-order chi connectivity index (χ0) is 31.7. The molecule has 1 unspecified atom stereocenters. The third kappa shape index (κ3) is 10.1. The van der Waals surface area contributed by atoms with Gasteiger partial charge < -0.3 is 20.1 Å². The SMILES string of the molecule is C#CCC.C/C=N\N1C=CC(Oc2ccc(Nc3ncnc4ccc(C)c(OCC(CCCC)NCCC)c34)cc2C)=CC1. The lowest BCUT2D eigenvalue weighted by Gasteiger charge is -2.21. The maximum absolute atomic E-state index is 6.51. The Morgan fingerprint density at radius 1 is 1.11 bits per heavy atom. The number of hydrazone groups is 1. The van der Waals surface area contributed by atoms with Crippen molar-refractivity contribution in [2.45, 2.75) is 79.7 Å². The van der Waals surface area contributed by atoms with E-state index in [1.54, 1.807) is 12.5 Å². The lowest BCUT2D eigenvalue weighted by atomic mass is 10.1. The minimum atomic E-state index is 0.308. The molecule has 4 rings (SSSR count). The quantitative estimate of drug-likeness (QED) is 0.144. The van der Waals surface area contributed by atoms with E-state index in [4.69, 9.17) is 15.9 Å². The second-order valence-electron chi connectivity index (χ2n) is 10.6. The molecule has 0 amide bonds. The molecule has 44 heavy (non-hydrogen) atoms. The smallest absolute Gasteiger partial charge is 0.145 e. The molecule has 234 valence electrons. The Labute approximate surface area is 263 Å². The average molecular weight is 597 g/mol. The van der Waals surface area contributed by atoms with Crippen molar-refractivity contribution in [3.63, 3.8) is 0 Å². The van der Waals surface area contributed by atoms with Crippen molar-refractivity contribution in [3.05, 3.63) is 71.9 Å². The molecule has 0 radical (unpaired) electrons. The van der Waals surface area contributed by atoms with Gasteiger partial charge in [-0.15, -0.1) is 12.3 Å². The Hall–Kier alpha value is -4.35. The van der Waals surface area contributed by atoms with Gasteiger partial charge >= 0.3 is 0 Å². The van der Waals surface area contributed by atoms with Gasteiger partial charge in [-0.3, -0.25) is 5.01 Å². The number of ether oxygens (including phenoxy) is 2. The van der Waals surface area contributed by atoms with Crippen molar-refractivity contribution in [1.82, 2.24) is 20.3 Å². The summed E-state index contributed by atoms with van der Waals surface area (Å²) in [5.41, 5.74) is 3.84. The molecule has 1 aliphatic heterocycles. The van der Waals surface area contributed by atoms with E-state index in [0.29, 0.717) is 19.2 Å². The van der Waals surface area contributed by atoms with Crippen LogP contribution in [-0.2, 0) is 0 Å². The van der Waals surface area contributed by atoms with Crippen molar-refractivity contribution in [2.24, 2.45) is 5.10 Å². The van der Waals surface area contributed by atoms with Crippen LogP contribution >= 0.6 is 0 Å². The van der Waals surface area contributed by atoms with Crippen LogP contribution in [0.25, 0.3) is 10.9 Å². The standard InChI is InChI=1S/C32H42N6O2.C4H6/c1-6-9-10-26(33-17-7-2)21-39-31-23(4)11-13-28-30(31)32(35-22-34-28)37-25-12-14-29(24(5)20-25)40-27-15-18-38(19-16-27)36-8-3;1-3-4-2/h8,11-16,18,20,22,26,33H,6-7,9-10,17,19,21H2,1-5H3,(H,34,35,37);1H,4H2,2H3/b36-8-;. The molecule has 0 fully saturated rings. The maximum atomic E-state index is 6.51. The number of hydrogen-bond acceptors (Lipinski definition) is 8. The number of nitrogens with zero attached hydrogens (tertiary/aromatic N) is 4. The van der Waals surface area contributed by atoms with Gasteiger partial charge in [0.2, 0.25) is 0 Å². The summed E-state index contributed by atoms with van der Waals surface area (Å²) in [5.74, 6) is 5.59. The molecule has 2 aromatic carbocycles. The van der Waals surface area contributed by atoms with E-state index in [-0.39, 0.29) is 0 Å². The second-order valence-corrected chi connectivity index (χ2v) is 10.6. The number of hydrogen-bond donors (Lipinski definition) is 2. The molecule has 0 bridgehead atoms. The number of terminal acetylenes is 1. The number of unbranched alkanes of at least 4 members (excludes halogenated alkanes) is 1. The van der Waals surface area contributed by atoms with Crippen LogP contribution in [0.5, 0.6) is 11.5 Å². The Kier molecular flexibility index (Phi) is 14.2. The van der Waals surface area contributed by atoms with E-state index in [1.807, 2.05) is 62.3 Å². The summed E-state index contributed by atoms with van der Waals surface area (Å²) in [6.07, 6.45) is 19.4. The summed E-state index contributed by atoms with van der Waals surface area (Å²) in [6.45, 7) is 14.6. The monoisotopic (exact) mass is 596 g/mol. The van der Waals surface area contributed by atoms with E-state index in [9.17, 15) is 0 Å². The predicted octanol–water partition coefficient (Wildman–Crippen LogP) is 8.05. The Morgan fingerprint density at radius 2 is 1.93 bits per heavy atom. The number of fused-ring (bicyclic) bond motifs is 1. The Morgan fingerprint density at radius 3 is 2.59 bits per heavy atom. The van der Waals surface area contributed by atoms with Crippen molar-refractivity contribution in [1.29, 1.82) is 0 Å².